The summed E-state index contributed by atoms with van der Waals surface area (Å²) >= 11 is 3.25. The van der Waals surface area contributed by atoms with E-state index in [1.54, 1.807) is 6.07 Å². The SMILES string of the molecule is CN1CCC(NS(=O)(=O)c2ccc(N)c(Br)c2)CC1. The molecule has 1 saturated heterocycles. The topological polar surface area (TPSA) is 75.4 Å². The van der Waals surface area contributed by atoms with E-state index in [9.17, 15) is 8.42 Å². The molecule has 0 spiro atoms. The summed E-state index contributed by atoms with van der Waals surface area (Å²) in [5.41, 5.74) is 6.19. The molecular formula is C12H18BrN3O2S. The number of hydrogen-bond donors (Lipinski definition) is 2. The van der Waals surface area contributed by atoms with Gasteiger partial charge in [-0.3, -0.25) is 0 Å². The van der Waals surface area contributed by atoms with Crippen LogP contribution in [0.3, 0.4) is 0 Å². The van der Waals surface area contributed by atoms with Crippen molar-refractivity contribution in [3.8, 4) is 0 Å². The largest absolute Gasteiger partial charge is 0.398 e. The minimum absolute atomic E-state index is 0.0116. The predicted molar refractivity (Wildman–Crippen MR) is 79.4 cm³/mol. The van der Waals surface area contributed by atoms with Crippen LogP contribution in [0, 0.1) is 0 Å². The van der Waals surface area contributed by atoms with E-state index in [2.05, 4.69) is 25.6 Å². The molecule has 106 valence electrons. The van der Waals surface area contributed by atoms with Crippen LogP contribution >= 0.6 is 15.9 Å². The van der Waals surface area contributed by atoms with Gasteiger partial charge in [-0.05, 0) is 67.1 Å². The first-order chi connectivity index (χ1) is 8.88. The number of hydrogen-bond acceptors (Lipinski definition) is 4. The molecule has 1 aliphatic rings. The van der Waals surface area contributed by atoms with Gasteiger partial charge in [0.2, 0.25) is 10.0 Å². The van der Waals surface area contributed by atoms with Gasteiger partial charge in [0.15, 0.2) is 0 Å². The van der Waals surface area contributed by atoms with Crippen LogP contribution in [0.15, 0.2) is 27.6 Å². The fourth-order valence-corrected chi connectivity index (χ4v) is 3.95. The van der Waals surface area contributed by atoms with Crippen LogP contribution in [-0.2, 0) is 10.0 Å². The van der Waals surface area contributed by atoms with Crippen molar-refractivity contribution in [1.29, 1.82) is 0 Å². The Morgan fingerprint density at radius 2 is 2.00 bits per heavy atom. The summed E-state index contributed by atoms with van der Waals surface area (Å²) in [6.07, 6.45) is 1.68. The van der Waals surface area contributed by atoms with Crippen molar-refractivity contribution in [2.45, 2.75) is 23.8 Å². The zero-order valence-corrected chi connectivity index (χ0v) is 13.2. The Hall–Kier alpha value is -0.630. The van der Waals surface area contributed by atoms with Gasteiger partial charge in [0.05, 0.1) is 4.90 Å². The quantitative estimate of drug-likeness (QED) is 0.810. The maximum Gasteiger partial charge on any atom is 0.240 e. The second kappa shape index (κ2) is 5.78. The van der Waals surface area contributed by atoms with Crippen molar-refractivity contribution in [1.82, 2.24) is 9.62 Å². The Labute approximate surface area is 122 Å². The lowest BCUT2D eigenvalue weighted by molar-refractivity contribution is 0.248. The summed E-state index contributed by atoms with van der Waals surface area (Å²) in [6, 6.07) is 4.66. The number of nitrogen functional groups attached to an aromatic ring is 1. The van der Waals surface area contributed by atoms with Gasteiger partial charge in [-0.1, -0.05) is 0 Å². The minimum Gasteiger partial charge on any atom is -0.398 e. The number of rotatable bonds is 3. The van der Waals surface area contributed by atoms with Gasteiger partial charge < -0.3 is 10.6 Å². The van der Waals surface area contributed by atoms with E-state index >= 15 is 0 Å². The average Bonchev–Trinajstić information content (AvgIpc) is 2.35. The molecule has 1 heterocycles. The van der Waals surface area contributed by atoms with Gasteiger partial charge >= 0.3 is 0 Å². The van der Waals surface area contributed by atoms with E-state index < -0.39 is 10.0 Å². The number of piperidine rings is 1. The first kappa shape index (κ1) is 14.8. The lowest BCUT2D eigenvalue weighted by atomic mass is 10.1. The molecule has 0 aromatic heterocycles. The molecule has 5 nitrogen and oxygen atoms in total. The monoisotopic (exact) mass is 347 g/mol. The molecule has 7 heteroatoms. The van der Waals surface area contributed by atoms with E-state index in [4.69, 9.17) is 5.73 Å². The molecule has 1 aromatic carbocycles. The summed E-state index contributed by atoms with van der Waals surface area (Å²) < 4.78 is 27.9. The number of nitrogens with two attached hydrogens (primary N) is 1. The highest BCUT2D eigenvalue weighted by atomic mass is 79.9. The van der Waals surface area contributed by atoms with Crippen LogP contribution in [0.1, 0.15) is 12.8 Å². The van der Waals surface area contributed by atoms with Gasteiger partial charge in [-0.2, -0.15) is 0 Å². The lowest BCUT2D eigenvalue weighted by Crippen LogP contribution is -2.43. The fraction of sp³-hybridized carbons (Fsp3) is 0.500. The maximum absolute atomic E-state index is 12.3. The lowest BCUT2D eigenvalue weighted by Gasteiger charge is -2.29. The number of benzene rings is 1. The van der Waals surface area contributed by atoms with Gasteiger partial charge in [0, 0.05) is 16.2 Å². The van der Waals surface area contributed by atoms with Crippen LogP contribution in [0.25, 0.3) is 0 Å². The Balaban J connectivity index is 2.11. The highest BCUT2D eigenvalue weighted by Crippen LogP contribution is 2.23. The zero-order valence-electron chi connectivity index (χ0n) is 10.8. The number of halogens is 1. The number of sulfonamides is 1. The molecule has 0 aliphatic carbocycles. The second-order valence-corrected chi connectivity index (χ2v) is 7.45. The van der Waals surface area contributed by atoms with Crippen molar-refractivity contribution in [2.24, 2.45) is 0 Å². The van der Waals surface area contributed by atoms with Gasteiger partial charge in [0.1, 0.15) is 0 Å². The normalized spacial score (nSPS) is 18.6. The fourth-order valence-electron chi connectivity index (χ4n) is 2.09. The Morgan fingerprint density at radius 3 is 2.58 bits per heavy atom. The molecule has 0 saturated carbocycles. The van der Waals surface area contributed by atoms with Crippen LogP contribution < -0.4 is 10.5 Å². The van der Waals surface area contributed by atoms with E-state index in [0.717, 1.165) is 25.9 Å². The Kier molecular flexibility index (Phi) is 4.50. The molecule has 0 atom stereocenters. The van der Waals surface area contributed by atoms with Gasteiger partial charge in [0.25, 0.3) is 0 Å². The molecule has 3 N–H and O–H groups in total. The van der Waals surface area contributed by atoms with Crippen LogP contribution in [0.2, 0.25) is 0 Å². The molecule has 1 aliphatic heterocycles. The standard InChI is InChI=1S/C12H18BrN3O2S/c1-16-6-4-9(5-7-16)15-19(17,18)10-2-3-12(14)11(13)8-10/h2-3,8-9,15H,4-7,14H2,1H3. The summed E-state index contributed by atoms with van der Waals surface area (Å²) in [5.74, 6) is 0. The van der Waals surface area contributed by atoms with Crippen molar-refractivity contribution in [3.63, 3.8) is 0 Å². The third kappa shape index (κ3) is 3.68. The molecule has 1 aromatic rings. The third-order valence-corrected chi connectivity index (χ3v) is 5.53. The molecule has 0 bridgehead atoms. The van der Waals surface area contributed by atoms with E-state index in [1.807, 2.05) is 7.05 Å². The van der Waals surface area contributed by atoms with E-state index in [1.165, 1.54) is 12.1 Å². The van der Waals surface area contributed by atoms with Gasteiger partial charge in [-0.25, -0.2) is 13.1 Å². The minimum atomic E-state index is -3.47. The molecule has 2 rings (SSSR count). The summed E-state index contributed by atoms with van der Waals surface area (Å²) in [4.78, 5) is 2.44. The second-order valence-electron chi connectivity index (χ2n) is 4.88. The Bertz CT molecular complexity index is 554. The summed E-state index contributed by atoms with van der Waals surface area (Å²) in [7, 11) is -1.43. The smallest absolute Gasteiger partial charge is 0.240 e. The molecule has 1 fully saturated rings. The highest BCUT2D eigenvalue weighted by molar-refractivity contribution is 9.10. The van der Waals surface area contributed by atoms with Gasteiger partial charge in [-0.15, -0.1) is 0 Å². The molecule has 0 amide bonds. The maximum atomic E-state index is 12.3. The number of nitrogens with one attached hydrogen (secondary N) is 1. The zero-order chi connectivity index (χ0) is 14.0. The van der Waals surface area contributed by atoms with Crippen molar-refractivity contribution >= 4 is 31.6 Å². The predicted octanol–water partition coefficient (Wildman–Crippen LogP) is 1.40. The van der Waals surface area contributed by atoms with Crippen molar-refractivity contribution < 1.29 is 8.42 Å². The van der Waals surface area contributed by atoms with Crippen molar-refractivity contribution in [3.05, 3.63) is 22.7 Å². The first-order valence-electron chi connectivity index (χ1n) is 6.14. The number of nitrogens with zero attached hydrogens (tertiary/aromatic N) is 1. The third-order valence-electron chi connectivity index (χ3n) is 3.32. The van der Waals surface area contributed by atoms with Crippen LogP contribution in [0.5, 0.6) is 0 Å². The summed E-state index contributed by atoms with van der Waals surface area (Å²) in [5, 5.41) is 0. The number of anilines is 1. The Morgan fingerprint density at radius 1 is 1.37 bits per heavy atom. The van der Waals surface area contributed by atoms with E-state index in [-0.39, 0.29) is 10.9 Å². The first-order valence-corrected chi connectivity index (χ1v) is 8.42. The molecule has 19 heavy (non-hydrogen) atoms. The van der Waals surface area contributed by atoms with E-state index in [0.29, 0.717) is 10.2 Å². The number of likely N-dealkylation sites (tertiary alicyclic amines) is 1. The molecular weight excluding hydrogens is 330 g/mol. The van der Waals surface area contributed by atoms with Crippen LogP contribution in [-0.4, -0.2) is 39.5 Å². The van der Waals surface area contributed by atoms with Crippen molar-refractivity contribution in [2.75, 3.05) is 25.9 Å². The molecule has 0 unspecified atom stereocenters. The average molecular weight is 348 g/mol. The summed E-state index contributed by atoms with van der Waals surface area (Å²) in [6.45, 7) is 1.83. The highest BCUT2D eigenvalue weighted by Gasteiger charge is 2.23. The molecule has 0 radical (unpaired) electrons. The van der Waals surface area contributed by atoms with Crippen LogP contribution in [0.4, 0.5) is 5.69 Å².